The molecule has 94 valence electrons. The SMILES string of the molecule is NCCc1ccc(OCOCC2CC2)c(Br)c1. The van der Waals surface area contributed by atoms with Crippen molar-refractivity contribution in [2.75, 3.05) is 19.9 Å². The molecule has 2 N–H and O–H groups in total. The zero-order chi connectivity index (χ0) is 12.1. The number of hydrogen-bond acceptors (Lipinski definition) is 3. The fourth-order valence-electron chi connectivity index (χ4n) is 1.59. The van der Waals surface area contributed by atoms with Gasteiger partial charge in [-0.25, -0.2) is 0 Å². The van der Waals surface area contributed by atoms with Crippen LogP contribution in [0.1, 0.15) is 18.4 Å². The van der Waals surface area contributed by atoms with Gasteiger partial charge in [-0.1, -0.05) is 6.07 Å². The van der Waals surface area contributed by atoms with Crippen molar-refractivity contribution in [1.82, 2.24) is 0 Å². The molecule has 1 aliphatic rings. The molecule has 0 atom stereocenters. The summed E-state index contributed by atoms with van der Waals surface area (Å²) in [7, 11) is 0. The number of nitrogens with two attached hydrogens (primary N) is 1. The quantitative estimate of drug-likeness (QED) is 0.622. The number of halogens is 1. The molecule has 17 heavy (non-hydrogen) atoms. The lowest BCUT2D eigenvalue weighted by Crippen LogP contribution is -2.06. The van der Waals surface area contributed by atoms with Crippen LogP contribution >= 0.6 is 15.9 Å². The van der Waals surface area contributed by atoms with Gasteiger partial charge < -0.3 is 15.2 Å². The zero-order valence-electron chi connectivity index (χ0n) is 9.82. The second-order valence-corrected chi connectivity index (χ2v) is 5.23. The van der Waals surface area contributed by atoms with Gasteiger partial charge in [-0.3, -0.25) is 0 Å². The fourth-order valence-corrected chi connectivity index (χ4v) is 2.13. The van der Waals surface area contributed by atoms with Crippen molar-refractivity contribution in [3.05, 3.63) is 28.2 Å². The molecule has 4 heteroatoms. The fraction of sp³-hybridized carbons (Fsp3) is 0.538. The Morgan fingerprint density at radius 2 is 2.18 bits per heavy atom. The highest BCUT2D eigenvalue weighted by Gasteiger charge is 2.21. The molecule has 1 saturated carbocycles. The van der Waals surface area contributed by atoms with E-state index in [-0.39, 0.29) is 0 Å². The summed E-state index contributed by atoms with van der Waals surface area (Å²) < 4.78 is 11.9. The Bertz CT molecular complexity index is 366. The molecule has 0 unspecified atom stereocenters. The second kappa shape index (κ2) is 6.38. The summed E-state index contributed by atoms with van der Waals surface area (Å²) in [6.45, 7) is 1.81. The van der Waals surface area contributed by atoms with Crippen LogP contribution in [0.3, 0.4) is 0 Å². The number of rotatable bonds is 7. The Balaban J connectivity index is 1.78. The minimum absolute atomic E-state index is 0.325. The molecule has 0 bridgehead atoms. The Hall–Kier alpha value is -0.580. The van der Waals surface area contributed by atoms with Gasteiger partial charge in [0.2, 0.25) is 0 Å². The summed E-state index contributed by atoms with van der Waals surface area (Å²) in [5, 5.41) is 0. The standard InChI is InChI=1S/C13H18BrNO2/c14-12-7-10(5-6-15)3-4-13(12)17-9-16-8-11-1-2-11/h3-4,7,11H,1-2,5-6,8-9,15H2. The molecule has 1 aliphatic carbocycles. The average Bonchev–Trinajstić information content (AvgIpc) is 3.11. The lowest BCUT2D eigenvalue weighted by atomic mass is 10.1. The van der Waals surface area contributed by atoms with Gasteiger partial charge in [-0.15, -0.1) is 0 Å². The van der Waals surface area contributed by atoms with Crippen LogP contribution in [-0.2, 0) is 11.2 Å². The van der Waals surface area contributed by atoms with Gasteiger partial charge in [-0.05, 0) is 65.4 Å². The summed E-state index contributed by atoms with van der Waals surface area (Å²) in [5.74, 6) is 1.59. The van der Waals surface area contributed by atoms with Crippen molar-refractivity contribution in [3.8, 4) is 5.75 Å². The van der Waals surface area contributed by atoms with E-state index < -0.39 is 0 Å². The molecule has 0 aromatic heterocycles. The number of benzene rings is 1. The first-order valence-corrected chi connectivity index (χ1v) is 6.78. The maximum Gasteiger partial charge on any atom is 0.189 e. The number of ether oxygens (including phenoxy) is 2. The Labute approximate surface area is 110 Å². The highest BCUT2D eigenvalue weighted by molar-refractivity contribution is 9.10. The summed E-state index contributed by atoms with van der Waals surface area (Å²) in [6.07, 6.45) is 3.49. The molecule has 0 amide bonds. The molecule has 1 fully saturated rings. The van der Waals surface area contributed by atoms with Gasteiger partial charge in [-0.2, -0.15) is 0 Å². The molecule has 0 heterocycles. The lowest BCUT2D eigenvalue weighted by Gasteiger charge is -2.09. The topological polar surface area (TPSA) is 44.5 Å². The summed E-state index contributed by atoms with van der Waals surface area (Å²) >= 11 is 3.49. The first-order valence-electron chi connectivity index (χ1n) is 5.98. The van der Waals surface area contributed by atoms with Crippen molar-refractivity contribution >= 4 is 15.9 Å². The van der Waals surface area contributed by atoms with E-state index in [0.29, 0.717) is 13.3 Å². The van der Waals surface area contributed by atoms with Crippen LogP contribution in [0.25, 0.3) is 0 Å². The number of hydrogen-bond donors (Lipinski definition) is 1. The van der Waals surface area contributed by atoms with Crippen LogP contribution in [0.2, 0.25) is 0 Å². The molecule has 0 radical (unpaired) electrons. The van der Waals surface area contributed by atoms with E-state index in [9.17, 15) is 0 Å². The van der Waals surface area contributed by atoms with E-state index in [0.717, 1.165) is 29.2 Å². The van der Waals surface area contributed by atoms with Crippen LogP contribution in [0.15, 0.2) is 22.7 Å². The Morgan fingerprint density at radius 3 is 2.82 bits per heavy atom. The summed E-state index contributed by atoms with van der Waals surface area (Å²) in [6, 6.07) is 6.03. The highest BCUT2D eigenvalue weighted by atomic mass is 79.9. The second-order valence-electron chi connectivity index (χ2n) is 4.38. The molecule has 0 spiro atoms. The van der Waals surface area contributed by atoms with Crippen molar-refractivity contribution in [1.29, 1.82) is 0 Å². The van der Waals surface area contributed by atoms with Gasteiger partial charge in [0.1, 0.15) is 5.75 Å². The van der Waals surface area contributed by atoms with E-state index in [1.165, 1.54) is 18.4 Å². The van der Waals surface area contributed by atoms with Crippen molar-refractivity contribution < 1.29 is 9.47 Å². The minimum atomic E-state index is 0.325. The molecule has 3 nitrogen and oxygen atoms in total. The summed E-state index contributed by atoms with van der Waals surface area (Å²) in [4.78, 5) is 0. The molecular weight excluding hydrogens is 282 g/mol. The lowest BCUT2D eigenvalue weighted by molar-refractivity contribution is 0.00956. The van der Waals surface area contributed by atoms with Crippen molar-refractivity contribution in [2.45, 2.75) is 19.3 Å². The predicted octanol–water partition coefficient (Wildman–Crippen LogP) is 2.71. The highest BCUT2D eigenvalue weighted by Crippen LogP contribution is 2.29. The predicted molar refractivity (Wildman–Crippen MR) is 71.1 cm³/mol. The maximum absolute atomic E-state index is 5.55. The van der Waals surface area contributed by atoms with E-state index >= 15 is 0 Å². The normalized spacial score (nSPS) is 14.9. The molecule has 2 rings (SSSR count). The third kappa shape index (κ3) is 4.30. The first kappa shape index (κ1) is 12.9. The molecule has 1 aromatic carbocycles. The van der Waals surface area contributed by atoms with Crippen molar-refractivity contribution in [3.63, 3.8) is 0 Å². The third-order valence-electron chi connectivity index (χ3n) is 2.78. The Morgan fingerprint density at radius 1 is 1.35 bits per heavy atom. The van der Waals surface area contributed by atoms with Crippen LogP contribution in [0, 0.1) is 5.92 Å². The Kier molecular flexibility index (Phi) is 4.83. The van der Waals surface area contributed by atoms with Crippen LogP contribution in [-0.4, -0.2) is 19.9 Å². The smallest absolute Gasteiger partial charge is 0.189 e. The van der Waals surface area contributed by atoms with Gasteiger partial charge >= 0.3 is 0 Å². The van der Waals surface area contributed by atoms with Gasteiger partial charge in [0.05, 0.1) is 11.1 Å². The zero-order valence-corrected chi connectivity index (χ0v) is 11.4. The molecule has 1 aromatic rings. The average molecular weight is 300 g/mol. The first-order chi connectivity index (χ1) is 8.29. The molecule has 0 aliphatic heterocycles. The van der Waals surface area contributed by atoms with Crippen LogP contribution in [0.4, 0.5) is 0 Å². The van der Waals surface area contributed by atoms with Gasteiger partial charge in [0.25, 0.3) is 0 Å². The van der Waals surface area contributed by atoms with E-state index in [1.807, 2.05) is 18.2 Å². The third-order valence-corrected chi connectivity index (χ3v) is 3.40. The molecule has 0 saturated heterocycles. The van der Waals surface area contributed by atoms with E-state index in [4.69, 9.17) is 15.2 Å². The maximum atomic E-state index is 5.55. The molecular formula is C13H18BrNO2. The monoisotopic (exact) mass is 299 g/mol. The van der Waals surface area contributed by atoms with Gasteiger partial charge in [0.15, 0.2) is 6.79 Å². The van der Waals surface area contributed by atoms with E-state index in [1.54, 1.807) is 0 Å². The van der Waals surface area contributed by atoms with Crippen LogP contribution in [0.5, 0.6) is 5.75 Å². The summed E-state index contributed by atoms with van der Waals surface area (Å²) in [5.41, 5.74) is 6.73. The van der Waals surface area contributed by atoms with Gasteiger partial charge in [0, 0.05) is 0 Å². The minimum Gasteiger partial charge on any atom is -0.466 e. The largest absolute Gasteiger partial charge is 0.466 e. The van der Waals surface area contributed by atoms with Crippen LogP contribution < -0.4 is 10.5 Å². The van der Waals surface area contributed by atoms with E-state index in [2.05, 4.69) is 15.9 Å². The van der Waals surface area contributed by atoms with Crippen molar-refractivity contribution in [2.24, 2.45) is 11.7 Å².